The standard InChI is InChI=1S/C10H19N3O2/c1-8(10(11)15)6-12-7-9(14)13-4-2-3-5-13/h8,12H,2-7H2,1H3,(H2,11,15). The fourth-order valence-electron chi connectivity index (χ4n) is 1.57. The van der Waals surface area contributed by atoms with Crippen LogP contribution in [0.25, 0.3) is 0 Å². The van der Waals surface area contributed by atoms with Gasteiger partial charge in [0.2, 0.25) is 11.8 Å². The van der Waals surface area contributed by atoms with E-state index in [-0.39, 0.29) is 17.7 Å². The lowest BCUT2D eigenvalue weighted by atomic mass is 10.2. The molecule has 2 amide bonds. The fraction of sp³-hybridized carbons (Fsp3) is 0.800. The summed E-state index contributed by atoms with van der Waals surface area (Å²) >= 11 is 0. The minimum atomic E-state index is -0.337. The monoisotopic (exact) mass is 213 g/mol. The van der Waals surface area contributed by atoms with Gasteiger partial charge in [0.05, 0.1) is 6.54 Å². The molecule has 0 spiro atoms. The van der Waals surface area contributed by atoms with Crippen LogP contribution < -0.4 is 11.1 Å². The molecule has 1 heterocycles. The number of nitrogens with two attached hydrogens (primary N) is 1. The third kappa shape index (κ3) is 3.87. The van der Waals surface area contributed by atoms with Gasteiger partial charge in [0.15, 0.2) is 0 Å². The van der Waals surface area contributed by atoms with Gasteiger partial charge >= 0.3 is 0 Å². The molecule has 3 N–H and O–H groups in total. The van der Waals surface area contributed by atoms with E-state index in [1.165, 1.54) is 0 Å². The van der Waals surface area contributed by atoms with Crippen LogP contribution in [0.4, 0.5) is 0 Å². The van der Waals surface area contributed by atoms with Crippen molar-refractivity contribution in [3.05, 3.63) is 0 Å². The molecule has 0 aromatic heterocycles. The first-order chi connectivity index (χ1) is 7.11. The van der Waals surface area contributed by atoms with Gasteiger partial charge in [-0.1, -0.05) is 6.92 Å². The van der Waals surface area contributed by atoms with E-state index >= 15 is 0 Å². The Balaban J connectivity index is 2.14. The van der Waals surface area contributed by atoms with Crippen LogP contribution in [0.15, 0.2) is 0 Å². The molecule has 1 aliphatic heterocycles. The molecule has 5 nitrogen and oxygen atoms in total. The van der Waals surface area contributed by atoms with E-state index < -0.39 is 0 Å². The van der Waals surface area contributed by atoms with E-state index in [4.69, 9.17) is 5.73 Å². The summed E-state index contributed by atoms with van der Waals surface area (Å²) in [5, 5.41) is 2.95. The topological polar surface area (TPSA) is 75.4 Å². The second-order valence-electron chi connectivity index (χ2n) is 4.02. The van der Waals surface area contributed by atoms with Crippen LogP contribution in [0.5, 0.6) is 0 Å². The molecule has 0 saturated carbocycles. The van der Waals surface area contributed by atoms with Crippen LogP contribution in [-0.4, -0.2) is 42.9 Å². The maximum absolute atomic E-state index is 11.5. The van der Waals surface area contributed by atoms with E-state index in [0.717, 1.165) is 25.9 Å². The number of nitrogens with zero attached hydrogens (tertiary/aromatic N) is 1. The number of carbonyl (C=O) groups is 2. The molecule has 5 heteroatoms. The van der Waals surface area contributed by atoms with Gasteiger partial charge in [0.1, 0.15) is 0 Å². The molecule has 1 rings (SSSR count). The summed E-state index contributed by atoms with van der Waals surface area (Å²) in [6.45, 7) is 4.25. The van der Waals surface area contributed by atoms with Crippen molar-refractivity contribution in [3.63, 3.8) is 0 Å². The molecular formula is C10H19N3O2. The van der Waals surface area contributed by atoms with Crippen molar-refractivity contribution in [1.29, 1.82) is 0 Å². The Labute approximate surface area is 90.0 Å². The van der Waals surface area contributed by atoms with E-state index in [0.29, 0.717) is 13.1 Å². The first-order valence-electron chi connectivity index (χ1n) is 5.39. The van der Waals surface area contributed by atoms with Gasteiger partial charge < -0.3 is 16.0 Å². The number of primary amides is 1. The summed E-state index contributed by atoms with van der Waals surface area (Å²) in [5.41, 5.74) is 5.10. The summed E-state index contributed by atoms with van der Waals surface area (Å²) in [4.78, 5) is 24.1. The van der Waals surface area contributed by atoms with Gasteiger partial charge in [-0.3, -0.25) is 9.59 Å². The molecule has 0 bridgehead atoms. The summed E-state index contributed by atoms with van der Waals surface area (Å²) in [7, 11) is 0. The summed E-state index contributed by atoms with van der Waals surface area (Å²) in [6, 6.07) is 0. The van der Waals surface area contributed by atoms with Crippen LogP contribution >= 0.6 is 0 Å². The first kappa shape index (κ1) is 12.0. The second-order valence-corrected chi connectivity index (χ2v) is 4.02. The number of amides is 2. The normalized spacial score (nSPS) is 17.8. The highest BCUT2D eigenvalue weighted by Crippen LogP contribution is 2.06. The number of hydrogen-bond donors (Lipinski definition) is 2. The van der Waals surface area contributed by atoms with E-state index in [1.807, 2.05) is 4.90 Å². The maximum atomic E-state index is 11.5. The zero-order valence-corrected chi connectivity index (χ0v) is 9.16. The van der Waals surface area contributed by atoms with Gasteiger partial charge in [-0.2, -0.15) is 0 Å². The van der Waals surface area contributed by atoms with Crippen LogP contribution in [0.1, 0.15) is 19.8 Å². The van der Waals surface area contributed by atoms with Crippen LogP contribution in [-0.2, 0) is 9.59 Å². The Morgan fingerprint density at radius 1 is 1.40 bits per heavy atom. The Morgan fingerprint density at radius 2 is 2.00 bits per heavy atom. The molecule has 1 aliphatic rings. The predicted octanol–water partition coefficient (Wildman–Crippen LogP) is -0.680. The fourth-order valence-corrected chi connectivity index (χ4v) is 1.57. The molecule has 1 fully saturated rings. The molecule has 0 aliphatic carbocycles. The minimum Gasteiger partial charge on any atom is -0.369 e. The summed E-state index contributed by atoms with van der Waals surface area (Å²) in [5.74, 6) is -0.448. The summed E-state index contributed by atoms with van der Waals surface area (Å²) < 4.78 is 0. The predicted molar refractivity (Wildman–Crippen MR) is 57.0 cm³/mol. The van der Waals surface area contributed by atoms with Gasteiger partial charge in [0.25, 0.3) is 0 Å². The number of hydrogen-bond acceptors (Lipinski definition) is 3. The highest BCUT2D eigenvalue weighted by atomic mass is 16.2. The van der Waals surface area contributed by atoms with Gasteiger partial charge in [-0.25, -0.2) is 0 Å². The highest BCUT2D eigenvalue weighted by molar-refractivity contribution is 5.79. The lowest BCUT2D eigenvalue weighted by Crippen LogP contribution is -2.39. The van der Waals surface area contributed by atoms with Crippen LogP contribution in [0, 0.1) is 5.92 Å². The maximum Gasteiger partial charge on any atom is 0.236 e. The lowest BCUT2D eigenvalue weighted by Gasteiger charge is -2.16. The van der Waals surface area contributed by atoms with Crippen molar-refractivity contribution in [2.24, 2.45) is 11.7 Å². The summed E-state index contributed by atoms with van der Waals surface area (Å²) in [6.07, 6.45) is 2.20. The molecular weight excluding hydrogens is 194 g/mol. The van der Waals surface area contributed by atoms with Crippen molar-refractivity contribution in [3.8, 4) is 0 Å². The molecule has 1 unspecified atom stereocenters. The van der Waals surface area contributed by atoms with Crippen molar-refractivity contribution in [2.75, 3.05) is 26.2 Å². The average Bonchev–Trinajstić information content (AvgIpc) is 2.70. The number of carbonyl (C=O) groups excluding carboxylic acids is 2. The Kier molecular flexibility index (Phi) is 4.55. The molecule has 86 valence electrons. The van der Waals surface area contributed by atoms with E-state index in [9.17, 15) is 9.59 Å². The Hall–Kier alpha value is -1.10. The van der Waals surface area contributed by atoms with Crippen LogP contribution in [0.3, 0.4) is 0 Å². The molecule has 15 heavy (non-hydrogen) atoms. The van der Waals surface area contributed by atoms with Gasteiger partial charge in [-0.15, -0.1) is 0 Å². The van der Waals surface area contributed by atoms with Gasteiger partial charge in [0, 0.05) is 25.6 Å². The van der Waals surface area contributed by atoms with Crippen molar-refractivity contribution < 1.29 is 9.59 Å². The average molecular weight is 213 g/mol. The third-order valence-corrected chi connectivity index (χ3v) is 2.67. The molecule has 1 saturated heterocycles. The van der Waals surface area contributed by atoms with E-state index in [2.05, 4.69) is 5.32 Å². The molecule has 1 atom stereocenters. The zero-order chi connectivity index (χ0) is 11.3. The van der Waals surface area contributed by atoms with Crippen molar-refractivity contribution in [1.82, 2.24) is 10.2 Å². The second kappa shape index (κ2) is 5.70. The molecule has 0 aromatic rings. The Morgan fingerprint density at radius 3 is 2.53 bits per heavy atom. The highest BCUT2D eigenvalue weighted by Gasteiger charge is 2.17. The lowest BCUT2D eigenvalue weighted by molar-refractivity contribution is -0.129. The number of likely N-dealkylation sites (tertiary alicyclic amines) is 1. The number of nitrogens with one attached hydrogen (secondary N) is 1. The number of rotatable bonds is 5. The Bertz CT molecular complexity index is 237. The third-order valence-electron chi connectivity index (χ3n) is 2.67. The first-order valence-corrected chi connectivity index (χ1v) is 5.39. The quantitative estimate of drug-likeness (QED) is 0.635. The van der Waals surface area contributed by atoms with Crippen molar-refractivity contribution >= 4 is 11.8 Å². The molecule has 0 radical (unpaired) electrons. The largest absolute Gasteiger partial charge is 0.369 e. The minimum absolute atomic E-state index is 0.115. The van der Waals surface area contributed by atoms with Crippen LogP contribution in [0.2, 0.25) is 0 Å². The van der Waals surface area contributed by atoms with E-state index in [1.54, 1.807) is 6.92 Å². The molecule has 0 aromatic carbocycles. The zero-order valence-electron chi connectivity index (χ0n) is 9.16. The van der Waals surface area contributed by atoms with Crippen molar-refractivity contribution in [2.45, 2.75) is 19.8 Å². The SMILES string of the molecule is CC(CNCC(=O)N1CCCC1)C(N)=O. The smallest absolute Gasteiger partial charge is 0.236 e. The van der Waals surface area contributed by atoms with Gasteiger partial charge in [-0.05, 0) is 12.8 Å².